The molecule has 0 bridgehead atoms. The van der Waals surface area contributed by atoms with Gasteiger partial charge in [0, 0.05) is 55.6 Å². The van der Waals surface area contributed by atoms with Crippen LogP contribution >= 0.6 is 0 Å². The maximum atomic E-state index is 13.4. The molecule has 2 aliphatic rings. The van der Waals surface area contributed by atoms with E-state index in [4.69, 9.17) is 9.84 Å². The molecule has 0 saturated carbocycles. The Hall–Kier alpha value is -2.38. The van der Waals surface area contributed by atoms with Crippen LogP contribution in [-0.2, 0) is 25.9 Å². The van der Waals surface area contributed by atoms with Crippen LogP contribution in [-0.4, -0.2) is 71.9 Å². The highest BCUT2D eigenvalue weighted by molar-refractivity contribution is 5.94. The standard InChI is InChI=1S/C24H35N5O2/c1-4-29-21-11-10-19(25-17-18-8-5-6-9-22(18)31-3)16-20(21)23(26-29)24(30)28-13-7-12-27(2)14-15-28/h5-6,8-9,19,25H,4,7,10-17H2,1-3H3. The molecule has 2 aromatic rings. The van der Waals surface area contributed by atoms with Crippen molar-refractivity contribution >= 4 is 5.91 Å². The van der Waals surface area contributed by atoms with Gasteiger partial charge in [-0.05, 0) is 52.3 Å². The van der Waals surface area contributed by atoms with Gasteiger partial charge in [0.15, 0.2) is 5.69 Å². The summed E-state index contributed by atoms with van der Waals surface area (Å²) in [5.41, 5.74) is 4.22. The van der Waals surface area contributed by atoms with Gasteiger partial charge in [0.2, 0.25) is 0 Å². The first kappa shape index (κ1) is 21.8. The number of rotatable bonds is 6. The quantitative estimate of drug-likeness (QED) is 0.770. The molecule has 4 rings (SSSR count). The zero-order valence-corrected chi connectivity index (χ0v) is 19.1. The van der Waals surface area contributed by atoms with Crippen LogP contribution in [0.4, 0.5) is 0 Å². The summed E-state index contributed by atoms with van der Waals surface area (Å²) in [5.74, 6) is 1.01. The molecule has 1 aliphatic heterocycles. The number of aryl methyl sites for hydroxylation is 1. The minimum atomic E-state index is 0.101. The molecule has 7 heteroatoms. The highest BCUT2D eigenvalue weighted by atomic mass is 16.5. The van der Waals surface area contributed by atoms with E-state index in [2.05, 4.69) is 30.3 Å². The summed E-state index contributed by atoms with van der Waals surface area (Å²) >= 11 is 0. The van der Waals surface area contributed by atoms with Gasteiger partial charge in [0.05, 0.1) is 7.11 Å². The summed E-state index contributed by atoms with van der Waals surface area (Å²) in [4.78, 5) is 17.7. The molecule has 1 fully saturated rings. The number of hydrogen-bond acceptors (Lipinski definition) is 5. The van der Waals surface area contributed by atoms with E-state index in [1.54, 1.807) is 7.11 Å². The van der Waals surface area contributed by atoms with E-state index in [0.717, 1.165) is 81.8 Å². The molecule has 1 saturated heterocycles. The zero-order valence-electron chi connectivity index (χ0n) is 19.1. The Morgan fingerprint density at radius 3 is 2.87 bits per heavy atom. The second kappa shape index (κ2) is 9.83. The number of likely N-dealkylation sites (N-methyl/N-ethyl adjacent to an activating group) is 1. The Kier molecular flexibility index (Phi) is 6.92. The van der Waals surface area contributed by atoms with E-state index in [1.165, 1.54) is 5.69 Å². The SMILES string of the molecule is CCn1nc(C(=O)N2CCCN(C)CC2)c2c1CCC(NCc1ccccc1OC)C2. The molecule has 1 aromatic heterocycles. The van der Waals surface area contributed by atoms with Crippen molar-refractivity contribution in [1.29, 1.82) is 0 Å². The third-order valence-corrected chi connectivity index (χ3v) is 6.63. The van der Waals surface area contributed by atoms with Crippen molar-refractivity contribution in [3.8, 4) is 5.75 Å². The molecule has 1 aliphatic carbocycles. The van der Waals surface area contributed by atoms with Gasteiger partial charge in [-0.2, -0.15) is 5.10 Å². The van der Waals surface area contributed by atoms with Gasteiger partial charge in [-0.1, -0.05) is 18.2 Å². The fraction of sp³-hybridized carbons (Fsp3) is 0.583. The van der Waals surface area contributed by atoms with E-state index in [1.807, 2.05) is 27.8 Å². The van der Waals surface area contributed by atoms with Crippen molar-refractivity contribution in [2.24, 2.45) is 0 Å². The van der Waals surface area contributed by atoms with Gasteiger partial charge < -0.3 is 19.9 Å². The van der Waals surface area contributed by atoms with Crippen LogP contribution in [0.25, 0.3) is 0 Å². The number of fused-ring (bicyclic) bond motifs is 1. The Morgan fingerprint density at radius 2 is 2.06 bits per heavy atom. The smallest absolute Gasteiger partial charge is 0.274 e. The van der Waals surface area contributed by atoms with E-state index >= 15 is 0 Å². The number of methoxy groups -OCH3 is 1. The highest BCUT2D eigenvalue weighted by Crippen LogP contribution is 2.27. The third kappa shape index (κ3) is 4.77. The first-order valence-electron chi connectivity index (χ1n) is 11.5. The summed E-state index contributed by atoms with van der Waals surface area (Å²) in [7, 11) is 3.84. The number of ether oxygens (including phenoxy) is 1. The lowest BCUT2D eigenvalue weighted by Gasteiger charge is -2.26. The van der Waals surface area contributed by atoms with Gasteiger partial charge in [0.25, 0.3) is 5.91 Å². The lowest BCUT2D eigenvalue weighted by Crippen LogP contribution is -2.37. The summed E-state index contributed by atoms with van der Waals surface area (Å²) in [6.45, 7) is 7.22. The number of hydrogen-bond donors (Lipinski definition) is 1. The first-order chi connectivity index (χ1) is 15.1. The highest BCUT2D eigenvalue weighted by Gasteiger charge is 2.31. The Morgan fingerprint density at radius 1 is 1.23 bits per heavy atom. The largest absolute Gasteiger partial charge is 0.496 e. The van der Waals surface area contributed by atoms with Crippen molar-refractivity contribution in [2.45, 2.75) is 51.7 Å². The molecule has 1 unspecified atom stereocenters. The Labute approximate surface area is 185 Å². The molecular formula is C24H35N5O2. The maximum Gasteiger partial charge on any atom is 0.274 e. The van der Waals surface area contributed by atoms with Crippen molar-refractivity contribution < 1.29 is 9.53 Å². The normalized spacial score (nSPS) is 19.7. The van der Waals surface area contributed by atoms with E-state index in [9.17, 15) is 4.79 Å². The average Bonchev–Trinajstić information content (AvgIpc) is 3.03. The molecule has 0 radical (unpaired) electrons. The van der Waals surface area contributed by atoms with Crippen LogP contribution in [0.15, 0.2) is 24.3 Å². The number of nitrogens with one attached hydrogen (secondary N) is 1. The number of benzene rings is 1. The summed E-state index contributed by atoms with van der Waals surface area (Å²) < 4.78 is 7.53. The maximum absolute atomic E-state index is 13.4. The molecule has 1 N–H and O–H groups in total. The number of aromatic nitrogens is 2. The lowest BCUT2D eigenvalue weighted by atomic mass is 9.90. The molecule has 2 heterocycles. The second-order valence-corrected chi connectivity index (χ2v) is 8.67. The average molecular weight is 426 g/mol. The van der Waals surface area contributed by atoms with Crippen LogP contribution in [0, 0.1) is 0 Å². The van der Waals surface area contributed by atoms with Crippen molar-refractivity contribution in [1.82, 2.24) is 24.9 Å². The van der Waals surface area contributed by atoms with E-state index in [-0.39, 0.29) is 5.91 Å². The van der Waals surface area contributed by atoms with Gasteiger partial charge in [-0.25, -0.2) is 0 Å². The van der Waals surface area contributed by atoms with Crippen molar-refractivity contribution in [3.05, 3.63) is 46.8 Å². The predicted octanol–water partition coefficient (Wildman–Crippen LogP) is 2.34. The predicted molar refractivity (Wildman–Crippen MR) is 122 cm³/mol. The molecule has 168 valence electrons. The Bertz CT molecular complexity index is 909. The molecule has 1 atom stereocenters. The summed E-state index contributed by atoms with van der Waals surface area (Å²) in [6.07, 6.45) is 3.87. The number of carbonyl (C=O) groups excluding carboxylic acids is 1. The van der Waals surface area contributed by atoms with Crippen LogP contribution in [0.1, 0.15) is 47.1 Å². The third-order valence-electron chi connectivity index (χ3n) is 6.63. The summed E-state index contributed by atoms with van der Waals surface area (Å²) in [5, 5.41) is 8.47. The number of nitrogens with zero attached hydrogens (tertiary/aromatic N) is 4. The number of amides is 1. The molecular weight excluding hydrogens is 390 g/mol. The molecule has 31 heavy (non-hydrogen) atoms. The van der Waals surface area contributed by atoms with Crippen LogP contribution in [0.5, 0.6) is 5.75 Å². The fourth-order valence-electron chi connectivity index (χ4n) is 4.80. The van der Waals surface area contributed by atoms with Crippen LogP contribution in [0.3, 0.4) is 0 Å². The molecule has 7 nitrogen and oxygen atoms in total. The lowest BCUT2D eigenvalue weighted by molar-refractivity contribution is 0.0754. The second-order valence-electron chi connectivity index (χ2n) is 8.67. The van der Waals surface area contributed by atoms with Crippen molar-refractivity contribution in [3.63, 3.8) is 0 Å². The van der Waals surface area contributed by atoms with Gasteiger partial charge in [-0.3, -0.25) is 9.48 Å². The van der Waals surface area contributed by atoms with Gasteiger partial charge in [0.1, 0.15) is 5.75 Å². The molecule has 0 spiro atoms. The molecule has 1 amide bonds. The van der Waals surface area contributed by atoms with E-state index in [0.29, 0.717) is 11.7 Å². The van der Waals surface area contributed by atoms with Crippen LogP contribution < -0.4 is 10.1 Å². The topological polar surface area (TPSA) is 62.6 Å². The minimum absolute atomic E-state index is 0.101. The monoisotopic (exact) mass is 425 g/mol. The first-order valence-corrected chi connectivity index (χ1v) is 11.5. The van der Waals surface area contributed by atoms with Crippen LogP contribution in [0.2, 0.25) is 0 Å². The summed E-state index contributed by atoms with van der Waals surface area (Å²) in [6, 6.07) is 8.46. The van der Waals surface area contributed by atoms with Crippen molar-refractivity contribution in [2.75, 3.05) is 40.3 Å². The van der Waals surface area contributed by atoms with Gasteiger partial charge in [-0.15, -0.1) is 0 Å². The van der Waals surface area contributed by atoms with Gasteiger partial charge >= 0.3 is 0 Å². The number of carbonyl (C=O) groups is 1. The zero-order chi connectivity index (χ0) is 21.8. The minimum Gasteiger partial charge on any atom is -0.496 e. The Balaban J connectivity index is 1.50. The number of para-hydroxylation sites is 1. The molecule has 1 aromatic carbocycles. The van der Waals surface area contributed by atoms with E-state index < -0.39 is 0 Å². The fourth-order valence-corrected chi connectivity index (χ4v) is 4.80.